The van der Waals surface area contributed by atoms with Crippen molar-refractivity contribution in [3.05, 3.63) is 44.5 Å². The number of rotatable bonds is 6. The maximum absolute atomic E-state index is 12.4. The SMILES string of the molecule is FCCCc1cc2c(NCc3cccs3)nc(Cl)nn2c1Cl. The number of fused-ring (bicyclic) bond motifs is 1. The summed E-state index contributed by atoms with van der Waals surface area (Å²) in [5.74, 6) is 0.613. The van der Waals surface area contributed by atoms with E-state index < -0.39 is 0 Å². The van der Waals surface area contributed by atoms with Gasteiger partial charge in [0.05, 0.1) is 13.2 Å². The Morgan fingerprint density at radius 1 is 1.36 bits per heavy atom. The first-order valence-corrected chi connectivity index (χ1v) is 8.38. The Balaban J connectivity index is 1.94. The lowest BCUT2D eigenvalue weighted by Crippen LogP contribution is -2.04. The largest absolute Gasteiger partial charge is 0.363 e. The van der Waals surface area contributed by atoms with Crippen LogP contribution in [-0.4, -0.2) is 21.3 Å². The summed E-state index contributed by atoms with van der Waals surface area (Å²) in [7, 11) is 0. The molecule has 3 aromatic heterocycles. The third-order valence-electron chi connectivity index (χ3n) is 3.21. The standard InChI is InChI=1S/C14H13Cl2FN4S/c15-12-9(3-1-5-17)7-11-13(19-14(16)20-21(11)12)18-8-10-4-2-6-22-10/h2,4,6-7H,1,3,5,8H2,(H,18,19,20). The molecule has 0 radical (unpaired) electrons. The van der Waals surface area contributed by atoms with Gasteiger partial charge >= 0.3 is 0 Å². The molecule has 0 aliphatic rings. The molecule has 4 nitrogen and oxygen atoms in total. The first kappa shape index (κ1) is 15.5. The molecule has 0 amide bonds. The van der Waals surface area contributed by atoms with Gasteiger partial charge in [-0.2, -0.15) is 4.98 Å². The van der Waals surface area contributed by atoms with Crippen LogP contribution in [0, 0.1) is 0 Å². The smallest absolute Gasteiger partial charge is 0.243 e. The molecule has 0 saturated heterocycles. The maximum atomic E-state index is 12.4. The highest BCUT2D eigenvalue weighted by molar-refractivity contribution is 7.09. The molecule has 0 fully saturated rings. The van der Waals surface area contributed by atoms with Crippen LogP contribution < -0.4 is 5.32 Å². The minimum atomic E-state index is -0.377. The van der Waals surface area contributed by atoms with Crippen molar-refractivity contribution >= 4 is 45.9 Å². The number of anilines is 1. The van der Waals surface area contributed by atoms with Crippen LogP contribution in [-0.2, 0) is 13.0 Å². The fourth-order valence-corrected chi connectivity index (χ4v) is 3.28. The highest BCUT2D eigenvalue weighted by Crippen LogP contribution is 2.27. The van der Waals surface area contributed by atoms with Crippen molar-refractivity contribution in [3.8, 4) is 0 Å². The van der Waals surface area contributed by atoms with Gasteiger partial charge in [-0.1, -0.05) is 17.7 Å². The number of hydrogen-bond acceptors (Lipinski definition) is 4. The fourth-order valence-electron chi connectivity index (χ4n) is 2.20. The summed E-state index contributed by atoms with van der Waals surface area (Å²) in [5, 5.41) is 9.94. The van der Waals surface area contributed by atoms with E-state index in [1.54, 1.807) is 15.9 Å². The van der Waals surface area contributed by atoms with E-state index in [2.05, 4.69) is 15.4 Å². The Kier molecular flexibility index (Phi) is 4.81. The van der Waals surface area contributed by atoms with Crippen molar-refractivity contribution in [2.75, 3.05) is 12.0 Å². The highest BCUT2D eigenvalue weighted by atomic mass is 35.5. The van der Waals surface area contributed by atoms with Crippen LogP contribution in [0.1, 0.15) is 16.9 Å². The van der Waals surface area contributed by atoms with E-state index >= 15 is 0 Å². The molecule has 0 aromatic carbocycles. The molecule has 0 atom stereocenters. The fraction of sp³-hybridized carbons (Fsp3) is 0.286. The monoisotopic (exact) mass is 358 g/mol. The molecule has 0 unspecified atom stereocenters. The number of aromatic nitrogens is 3. The Labute approximate surface area is 140 Å². The molecule has 3 aromatic rings. The third-order valence-corrected chi connectivity index (χ3v) is 4.65. The van der Waals surface area contributed by atoms with E-state index in [1.807, 2.05) is 23.6 Å². The van der Waals surface area contributed by atoms with Gasteiger partial charge in [-0.25, -0.2) is 4.52 Å². The molecule has 3 heterocycles. The van der Waals surface area contributed by atoms with Crippen molar-refractivity contribution in [1.82, 2.24) is 14.6 Å². The summed E-state index contributed by atoms with van der Waals surface area (Å²) >= 11 is 13.9. The lowest BCUT2D eigenvalue weighted by Gasteiger charge is -2.06. The normalized spacial score (nSPS) is 11.2. The average molecular weight is 359 g/mol. The van der Waals surface area contributed by atoms with Crippen LogP contribution >= 0.6 is 34.5 Å². The molecular weight excluding hydrogens is 346 g/mol. The van der Waals surface area contributed by atoms with E-state index in [4.69, 9.17) is 23.2 Å². The van der Waals surface area contributed by atoms with E-state index in [0.29, 0.717) is 30.4 Å². The average Bonchev–Trinajstić information content (AvgIpc) is 3.12. The van der Waals surface area contributed by atoms with Gasteiger partial charge in [-0.15, -0.1) is 16.4 Å². The van der Waals surface area contributed by atoms with E-state index in [0.717, 1.165) is 11.1 Å². The zero-order valence-electron chi connectivity index (χ0n) is 11.5. The molecular formula is C14H13Cl2FN4S. The van der Waals surface area contributed by atoms with Crippen LogP contribution in [0.3, 0.4) is 0 Å². The van der Waals surface area contributed by atoms with Crippen molar-refractivity contribution in [3.63, 3.8) is 0 Å². The van der Waals surface area contributed by atoms with E-state index in [1.165, 1.54) is 4.88 Å². The molecule has 1 N–H and O–H groups in total. The number of alkyl halides is 1. The number of halogens is 3. The summed E-state index contributed by atoms with van der Waals surface area (Å²) in [5.41, 5.74) is 1.58. The van der Waals surface area contributed by atoms with Crippen LogP contribution in [0.4, 0.5) is 10.2 Å². The molecule has 0 bridgehead atoms. The predicted molar refractivity (Wildman–Crippen MR) is 88.9 cm³/mol. The molecule has 0 spiro atoms. The van der Waals surface area contributed by atoms with Crippen LogP contribution in [0.5, 0.6) is 0 Å². The minimum Gasteiger partial charge on any atom is -0.363 e. The zero-order chi connectivity index (χ0) is 15.5. The van der Waals surface area contributed by atoms with Gasteiger partial charge in [-0.3, -0.25) is 4.39 Å². The molecule has 0 aliphatic carbocycles. The second-order valence-corrected chi connectivity index (χ2v) is 6.44. The molecule has 0 saturated carbocycles. The van der Waals surface area contributed by atoms with Crippen molar-refractivity contribution < 1.29 is 4.39 Å². The Bertz CT molecular complexity index is 773. The summed E-state index contributed by atoms with van der Waals surface area (Å²) in [6, 6.07) is 5.91. The van der Waals surface area contributed by atoms with Crippen LogP contribution in [0.2, 0.25) is 10.4 Å². The lowest BCUT2D eigenvalue weighted by molar-refractivity contribution is 0.473. The number of aryl methyl sites for hydroxylation is 1. The second-order valence-electron chi connectivity index (χ2n) is 4.71. The van der Waals surface area contributed by atoms with Crippen LogP contribution in [0.25, 0.3) is 5.52 Å². The summed E-state index contributed by atoms with van der Waals surface area (Å²) in [6.45, 7) is 0.266. The van der Waals surface area contributed by atoms with Gasteiger partial charge in [0.1, 0.15) is 10.7 Å². The van der Waals surface area contributed by atoms with Gasteiger partial charge in [-0.05, 0) is 47.5 Å². The van der Waals surface area contributed by atoms with Crippen molar-refractivity contribution in [1.29, 1.82) is 0 Å². The molecule has 8 heteroatoms. The predicted octanol–water partition coefficient (Wildman–Crippen LogP) is 4.61. The van der Waals surface area contributed by atoms with Gasteiger partial charge in [0.25, 0.3) is 0 Å². The highest BCUT2D eigenvalue weighted by Gasteiger charge is 2.14. The second kappa shape index (κ2) is 6.81. The van der Waals surface area contributed by atoms with Crippen LogP contribution in [0.15, 0.2) is 23.6 Å². The lowest BCUT2D eigenvalue weighted by atomic mass is 10.2. The molecule has 3 rings (SSSR count). The van der Waals surface area contributed by atoms with E-state index in [-0.39, 0.29) is 12.0 Å². The number of nitrogens with one attached hydrogen (secondary N) is 1. The van der Waals surface area contributed by atoms with Crippen molar-refractivity contribution in [2.24, 2.45) is 0 Å². The Hall–Kier alpha value is -1.37. The first-order valence-electron chi connectivity index (χ1n) is 6.75. The topological polar surface area (TPSA) is 42.2 Å². The van der Waals surface area contributed by atoms with Gasteiger partial charge in [0, 0.05) is 4.88 Å². The summed E-state index contributed by atoms with van der Waals surface area (Å²) in [6.07, 6.45) is 0.983. The first-order chi connectivity index (χ1) is 10.7. The van der Waals surface area contributed by atoms with E-state index in [9.17, 15) is 4.39 Å². The number of thiophene rings is 1. The van der Waals surface area contributed by atoms with Gasteiger partial charge in [0.15, 0.2) is 5.82 Å². The summed E-state index contributed by atoms with van der Waals surface area (Å²) in [4.78, 5) is 5.41. The maximum Gasteiger partial charge on any atom is 0.243 e. The van der Waals surface area contributed by atoms with Crippen molar-refractivity contribution in [2.45, 2.75) is 19.4 Å². The third kappa shape index (κ3) is 3.19. The molecule has 116 valence electrons. The quantitative estimate of drug-likeness (QED) is 0.699. The Morgan fingerprint density at radius 3 is 2.95 bits per heavy atom. The number of hydrogen-bond donors (Lipinski definition) is 1. The zero-order valence-corrected chi connectivity index (χ0v) is 13.8. The van der Waals surface area contributed by atoms with Gasteiger partial charge < -0.3 is 5.32 Å². The molecule has 22 heavy (non-hydrogen) atoms. The number of nitrogens with zero attached hydrogens (tertiary/aromatic N) is 3. The molecule has 0 aliphatic heterocycles. The Morgan fingerprint density at radius 2 is 2.23 bits per heavy atom. The van der Waals surface area contributed by atoms with Gasteiger partial charge in [0.2, 0.25) is 5.28 Å². The summed E-state index contributed by atoms with van der Waals surface area (Å²) < 4.78 is 13.9. The minimum absolute atomic E-state index is 0.107.